The predicted molar refractivity (Wildman–Crippen MR) is 194 cm³/mol. The third kappa shape index (κ3) is 10.0. The number of carboxylic acids is 1. The molecule has 4 rings (SSSR count). The lowest BCUT2D eigenvalue weighted by Gasteiger charge is -2.35. The van der Waals surface area contributed by atoms with Gasteiger partial charge in [0, 0.05) is 44.3 Å². The third-order valence-electron chi connectivity index (χ3n) is 8.61. The van der Waals surface area contributed by atoms with Crippen LogP contribution in [0.15, 0.2) is 47.4 Å². The van der Waals surface area contributed by atoms with Crippen LogP contribution in [0.3, 0.4) is 0 Å². The van der Waals surface area contributed by atoms with Crippen molar-refractivity contribution in [3.63, 3.8) is 0 Å². The van der Waals surface area contributed by atoms with Gasteiger partial charge in [-0.25, -0.2) is 18.8 Å². The number of hydrogen-bond acceptors (Lipinski definition) is 10. The van der Waals surface area contributed by atoms with Gasteiger partial charge in [0.1, 0.15) is 35.8 Å². The molecule has 0 spiro atoms. The van der Waals surface area contributed by atoms with Gasteiger partial charge in [0.2, 0.25) is 17.7 Å². The number of carbonyl (C=O) groups excluding carboxylic acids is 4. The summed E-state index contributed by atoms with van der Waals surface area (Å²) in [7, 11) is 0. The molecule has 0 saturated carbocycles. The van der Waals surface area contributed by atoms with Crippen LogP contribution in [-0.2, 0) is 32.3 Å². The van der Waals surface area contributed by atoms with Gasteiger partial charge in [-0.05, 0) is 67.5 Å². The summed E-state index contributed by atoms with van der Waals surface area (Å²) < 4.78 is 27.9. The zero-order valence-electron chi connectivity index (χ0n) is 29.6. The largest absolute Gasteiger partial charge is 0.477 e. The summed E-state index contributed by atoms with van der Waals surface area (Å²) in [6, 6.07) is 7.31. The Labute approximate surface area is 304 Å². The fraction of sp³-hybridized carbons (Fsp3) is 0.444. The minimum Gasteiger partial charge on any atom is -0.477 e. The lowest BCUT2D eigenvalue weighted by atomic mass is 10.0. The molecule has 1 fully saturated rings. The van der Waals surface area contributed by atoms with E-state index in [-0.39, 0.29) is 42.4 Å². The molecule has 0 bridgehead atoms. The number of ether oxygens (including phenoxy) is 2. The molecule has 2 atom stereocenters. The van der Waals surface area contributed by atoms with Crippen molar-refractivity contribution in [3.8, 4) is 5.75 Å². The van der Waals surface area contributed by atoms with Gasteiger partial charge in [0.15, 0.2) is 0 Å². The smallest absolute Gasteiger partial charge is 0.410 e. The number of piperazine rings is 1. The standard InChI is InChI=1S/C36H44FN5O9S/c1-5-40-19-26(34(46)47)32(44)25-17-27(37)31(18-30(25)40)41-11-13-42(14-12-41)36(49)50-20-23-6-8-24(9-7-23)51-35(48)29(16-22(2)3)39-33(45)28(38-21-43)10-15-52-4/h6-9,17-19,21-22,28-29H,5,10-16,20H2,1-4H3,(H,38,43)(H,39,45)(H,46,47)/t28-,29-/m0/s1. The monoisotopic (exact) mass is 741 g/mol. The van der Waals surface area contributed by atoms with E-state index in [1.54, 1.807) is 40.7 Å². The highest BCUT2D eigenvalue weighted by atomic mass is 32.2. The van der Waals surface area contributed by atoms with Gasteiger partial charge in [0.05, 0.1) is 11.2 Å². The first kappa shape index (κ1) is 39.7. The molecule has 280 valence electrons. The van der Waals surface area contributed by atoms with Crippen LogP contribution in [0.2, 0.25) is 0 Å². The van der Waals surface area contributed by atoms with Gasteiger partial charge in [0.25, 0.3) is 0 Å². The number of anilines is 1. The summed E-state index contributed by atoms with van der Waals surface area (Å²) in [5, 5.41) is 14.6. The summed E-state index contributed by atoms with van der Waals surface area (Å²) in [5.74, 6) is -2.20. The van der Waals surface area contributed by atoms with E-state index in [9.17, 15) is 33.9 Å². The molecule has 1 aromatic heterocycles. The lowest BCUT2D eigenvalue weighted by Crippen LogP contribution is -2.51. The summed E-state index contributed by atoms with van der Waals surface area (Å²) in [4.78, 5) is 77.3. The van der Waals surface area contributed by atoms with Gasteiger partial charge in [-0.2, -0.15) is 11.8 Å². The van der Waals surface area contributed by atoms with Gasteiger partial charge < -0.3 is 39.6 Å². The van der Waals surface area contributed by atoms with Crippen LogP contribution in [0.25, 0.3) is 10.9 Å². The Kier molecular flexibility index (Phi) is 14.0. The summed E-state index contributed by atoms with van der Waals surface area (Å²) in [6.07, 6.45) is 3.80. The number of aromatic nitrogens is 1. The Hall–Kier alpha value is -5.12. The van der Waals surface area contributed by atoms with Crippen LogP contribution in [0.4, 0.5) is 14.9 Å². The van der Waals surface area contributed by atoms with Gasteiger partial charge in [-0.15, -0.1) is 0 Å². The maximum absolute atomic E-state index is 15.2. The van der Waals surface area contributed by atoms with E-state index in [4.69, 9.17) is 9.47 Å². The van der Waals surface area contributed by atoms with Gasteiger partial charge >= 0.3 is 18.0 Å². The van der Waals surface area contributed by atoms with Crippen molar-refractivity contribution in [2.45, 2.75) is 58.8 Å². The molecule has 1 aliphatic heterocycles. The van der Waals surface area contributed by atoms with E-state index in [1.165, 1.54) is 28.9 Å². The number of aryl methyl sites for hydroxylation is 1. The number of amides is 3. The molecular weight excluding hydrogens is 697 g/mol. The molecular formula is C36H44FN5O9S. The summed E-state index contributed by atoms with van der Waals surface area (Å²) in [6.45, 7) is 7.03. The predicted octanol–water partition coefficient (Wildman–Crippen LogP) is 3.62. The second-order valence-electron chi connectivity index (χ2n) is 12.7. The average molecular weight is 742 g/mol. The number of aromatic carboxylic acids is 1. The third-order valence-corrected chi connectivity index (χ3v) is 9.25. The van der Waals surface area contributed by atoms with Crippen LogP contribution in [-0.4, -0.2) is 95.2 Å². The number of benzene rings is 2. The first-order valence-electron chi connectivity index (χ1n) is 16.9. The molecule has 0 unspecified atom stereocenters. The van der Waals surface area contributed by atoms with Crippen LogP contribution < -0.4 is 25.7 Å². The first-order valence-corrected chi connectivity index (χ1v) is 18.3. The van der Waals surface area contributed by atoms with E-state index in [2.05, 4.69) is 10.6 Å². The Morgan fingerprint density at radius 1 is 1.06 bits per heavy atom. The molecule has 16 heteroatoms. The zero-order valence-corrected chi connectivity index (χ0v) is 30.4. The number of nitrogens with zero attached hydrogens (tertiary/aromatic N) is 3. The molecule has 1 saturated heterocycles. The fourth-order valence-electron chi connectivity index (χ4n) is 5.83. The van der Waals surface area contributed by atoms with Crippen LogP contribution in [0, 0.1) is 11.7 Å². The summed E-state index contributed by atoms with van der Waals surface area (Å²) >= 11 is 1.54. The molecule has 2 heterocycles. The van der Waals surface area contributed by atoms with E-state index >= 15 is 4.39 Å². The number of fused-ring (bicyclic) bond motifs is 1. The highest BCUT2D eigenvalue weighted by Crippen LogP contribution is 2.27. The van der Waals surface area contributed by atoms with Crippen molar-refractivity contribution >= 4 is 58.7 Å². The summed E-state index contributed by atoms with van der Waals surface area (Å²) in [5.41, 5.74) is 0.119. The second-order valence-corrected chi connectivity index (χ2v) is 13.7. The molecule has 52 heavy (non-hydrogen) atoms. The number of nitrogens with one attached hydrogen (secondary N) is 2. The SMILES string of the molecule is CCn1cc(C(=O)O)c(=O)c2cc(F)c(N3CCN(C(=O)OCc4ccc(OC(=O)[C@H](CC(C)C)NC(=O)[C@H](CCSC)NC=O)cc4)CC3)cc21. The molecule has 14 nitrogen and oxygen atoms in total. The van der Waals surface area contributed by atoms with Crippen LogP contribution >= 0.6 is 11.8 Å². The number of pyridine rings is 1. The maximum atomic E-state index is 15.2. The van der Waals surface area contributed by atoms with Crippen molar-refractivity contribution in [2.75, 3.05) is 43.1 Å². The number of rotatable bonds is 16. The number of carbonyl (C=O) groups is 5. The Morgan fingerprint density at radius 2 is 1.75 bits per heavy atom. The number of carboxylic acid groups (broad SMARTS) is 1. The normalized spacial score (nSPS) is 14.1. The molecule has 3 N–H and O–H groups in total. The molecule has 0 aliphatic carbocycles. The highest BCUT2D eigenvalue weighted by molar-refractivity contribution is 7.98. The van der Waals surface area contributed by atoms with Crippen molar-refractivity contribution in [3.05, 3.63) is 69.8 Å². The number of thioether (sulfide) groups is 1. The Balaban J connectivity index is 1.31. The van der Waals surface area contributed by atoms with E-state index in [0.717, 1.165) is 6.07 Å². The zero-order chi connectivity index (χ0) is 37.9. The topological polar surface area (TPSA) is 177 Å². The van der Waals surface area contributed by atoms with E-state index in [0.29, 0.717) is 55.7 Å². The molecule has 1 aliphatic rings. The van der Waals surface area contributed by atoms with E-state index in [1.807, 2.05) is 20.1 Å². The van der Waals surface area contributed by atoms with Crippen LogP contribution in [0.5, 0.6) is 5.75 Å². The van der Waals surface area contributed by atoms with E-state index < -0.39 is 52.8 Å². The average Bonchev–Trinajstić information content (AvgIpc) is 3.12. The minimum atomic E-state index is -1.38. The molecule has 2 aromatic carbocycles. The Bertz CT molecular complexity index is 1830. The van der Waals surface area contributed by atoms with Crippen molar-refractivity contribution in [1.29, 1.82) is 0 Å². The number of hydrogen-bond donors (Lipinski definition) is 3. The minimum absolute atomic E-state index is 0.0179. The van der Waals surface area contributed by atoms with Gasteiger partial charge in [-0.1, -0.05) is 26.0 Å². The Morgan fingerprint density at radius 3 is 2.35 bits per heavy atom. The number of halogens is 1. The lowest BCUT2D eigenvalue weighted by molar-refractivity contribution is -0.140. The number of esters is 1. The van der Waals surface area contributed by atoms with Crippen LogP contribution in [0.1, 0.15) is 49.5 Å². The first-order chi connectivity index (χ1) is 24.9. The molecule has 0 radical (unpaired) electrons. The van der Waals surface area contributed by atoms with Crippen molar-refractivity contribution < 1.29 is 42.9 Å². The highest BCUT2D eigenvalue weighted by Gasteiger charge is 2.28. The molecule has 3 amide bonds. The maximum Gasteiger partial charge on any atom is 0.410 e. The van der Waals surface area contributed by atoms with Gasteiger partial charge in [-0.3, -0.25) is 14.4 Å². The fourth-order valence-corrected chi connectivity index (χ4v) is 6.30. The molecule has 3 aromatic rings. The van der Waals surface area contributed by atoms with Crippen molar-refractivity contribution in [1.82, 2.24) is 20.1 Å². The van der Waals surface area contributed by atoms with Crippen molar-refractivity contribution in [2.24, 2.45) is 5.92 Å². The quantitative estimate of drug-likeness (QED) is 0.111. The second kappa shape index (κ2) is 18.4.